The highest BCUT2D eigenvalue weighted by Gasteiger charge is 2.16. The summed E-state index contributed by atoms with van der Waals surface area (Å²) in [5.41, 5.74) is 1.42. The number of aryl methyl sites for hydroxylation is 1. The summed E-state index contributed by atoms with van der Waals surface area (Å²) >= 11 is 3.19. The van der Waals surface area contributed by atoms with Gasteiger partial charge in [-0.25, -0.2) is 0 Å². The molecular weight excluding hydrogens is 424 g/mol. The zero-order valence-corrected chi connectivity index (χ0v) is 18.6. The molecule has 30 heavy (non-hydrogen) atoms. The van der Waals surface area contributed by atoms with E-state index in [-0.39, 0.29) is 5.91 Å². The van der Waals surface area contributed by atoms with E-state index in [4.69, 9.17) is 18.9 Å². The van der Waals surface area contributed by atoms with Crippen LogP contribution in [0, 0.1) is 0 Å². The SMILES string of the molecule is COc1cc2sc(=NC(=O)c3ccc4c(c3)OCCO4)n(CCSC)c2cc1OC. The van der Waals surface area contributed by atoms with Crippen LogP contribution in [0.4, 0.5) is 0 Å². The van der Waals surface area contributed by atoms with Gasteiger partial charge in [0.05, 0.1) is 24.4 Å². The molecule has 1 aliphatic heterocycles. The summed E-state index contributed by atoms with van der Waals surface area (Å²) in [6, 6.07) is 9.00. The number of hydrogen-bond acceptors (Lipinski definition) is 7. The molecule has 3 aromatic rings. The Morgan fingerprint density at radius 1 is 1.13 bits per heavy atom. The van der Waals surface area contributed by atoms with Crippen LogP contribution in [0.25, 0.3) is 10.2 Å². The Bertz CT molecular complexity index is 1150. The summed E-state index contributed by atoms with van der Waals surface area (Å²) in [6.45, 7) is 1.70. The number of nitrogens with zero attached hydrogens (tertiary/aromatic N) is 2. The van der Waals surface area contributed by atoms with Gasteiger partial charge in [-0.2, -0.15) is 16.8 Å². The molecule has 0 aliphatic carbocycles. The fourth-order valence-electron chi connectivity index (χ4n) is 3.21. The van der Waals surface area contributed by atoms with Gasteiger partial charge in [0, 0.05) is 30.0 Å². The molecule has 0 bridgehead atoms. The number of fused-ring (bicyclic) bond motifs is 2. The fraction of sp³-hybridized carbons (Fsp3) is 0.333. The highest BCUT2D eigenvalue weighted by atomic mass is 32.2. The number of thiazole rings is 1. The highest BCUT2D eigenvalue weighted by molar-refractivity contribution is 7.98. The lowest BCUT2D eigenvalue weighted by molar-refractivity contribution is 0.0996. The van der Waals surface area contributed by atoms with Gasteiger partial charge in [0.25, 0.3) is 5.91 Å². The predicted octanol–water partition coefficient (Wildman–Crippen LogP) is 3.60. The minimum atomic E-state index is -0.324. The van der Waals surface area contributed by atoms with E-state index in [2.05, 4.69) is 11.2 Å². The van der Waals surface area contributed by atoms with Crippen molar-refractivity contribution in [2.24, 2.45) is 4.99 Å². The monoisotopic (exact) mass is 446 g/mol. The number of aromatic nitrogens is 1. The second-order valence-corrected chi connectivity index (χ2v) is 8.47. The van der Waals surface area contributed by atoms with Crippen molar-refractivity contribution in [3.05, 3.63) is 40.7 Å². The van der Waals surface area contributed by atoms with E-state index in [0.29, 0.717) is 46.6 Å². The molecule has 7 nitrogen and oxygen atoms in total. The zero-order valence-electron chi connectivity index (χ0n) is 17.0. The summed E-state index contributed by atoms with van der Waals surface area (Å²) in [5.74, 6) is 3.08. The number of methoxy groups -OCH3 is 2. The highest BCUT2D eigenvalue weighted by Crippen LogP contribution is 2.34. The van der Waals surface area contributed by atoms with Gasteiger partial charge < -0.3 is 23.5 Å². The van der Waals surface area contributed by atoms with Crippen molar-refractivity contribution in [2.75, 3.05) is 39.4 Å². The second kappa shape index (κ2) is 9.01. The van der Waals surface area contributed by atoms with E-state index in [0.717, 1.165) is 22.5 Å². The van der Waals surface area contributed by atoms with Crippen molar-refractivity contribution in [1.29, 1.82) is 0 Å². The molecule has 0 fully saturated rings. The summed E-state index contributed by atoms with van der Waals surface area (Å²) < 4.78 is 25.0. The van der Waals surface area contributed by atoms with Crippen molar-refractivity contribution in [3.63, 3.8) is 0 Å². The van der Waals surface area contributed by atoms with E-state index in [1.54, 1.807) is 44.2 Å². The largest absolute Gasteiger partial charge is 0.493 e. The third-order valence-corrected chi connectivity index (χ3v) is 6.33. The van der Waals surface area contributed by atoms with E-state index >= 15 is 0 Å². The van der Waals surface area contributed by atoms with Gasteiger partial charge in [-0.3, -0.25) is 4.79 Å². The van der Waals surface area contributed by atoms with E-state index in [1.807, 2.05) is 16.7 Å². The molecule has 1 aliphatic rings. The van der Waals surface area contributed by atoms with Crippen molar-refractivity contribution >= 4 is 39.2 Å². The molecule has 1 aromatic heterocycles. The number of rotatable bonds is 6. The third-order valence-electron chi connectivity index (χ3n) is 4.69. The molecule has 0 radical (unpaired) electrons. The Hall–Kier alpha value is -2.65. The van der Waals surface area contributed by atoms with Gasteiger partial charge in [0.2, 0.25) is 0 Å². The van der Waals surface area contributed by atoms with Gasteiger partial charge in [-0.05, 0) is 24.5 Å². The van der Waals surface area contributed by atoms with Crippen LogP contribution in [-0.2, 0) is 6.54 Å². The number of carbonyl (C=O) groups excluding carboxylic acids is 1. The van der Waals surface area contributed by atoms with Crippen LogP contribution in [0.1, 0.15) is 10.4 Å². The molecule has 0 atom stereocenters. The molecule has 0 N–H and O–H groups in total. The molecule has 0 saturated carbocycles. The first kappa shape index (κ1) is 20.6. The minimum absolute atomic E-state index is 0.324. The maximum Gasteiger partial charge on any atom is 0.279 e. The first-order valence-electron chi connectivity index (χ1n) is 9.37. The van der Waals surface area contributed by atoms with Gasteiger partial charge in [-0.15, -0.1) is 0 Å². The summed E-state index contributed by atoms with van der Waals surface area (Å²) in [7, 11) is 3.22. The molecule has 158 valence electrons. The van der Waals surface area contributed by atoms with Crippen molar-refractivity contribution in [2.45, 2.75) is 6.54 Å². The third kappa shape index (κ3) is 3.99. The quantitative estimate of drug-likeness (QED) is 0.576. The van der Waals surface area contributed by atoms with Crippen LogP contribution in [0.5, 0.6) is 23.0 Å². The normalized spacial score (nSPS) is 13.5. The molecule has 4 rings (SSSR count). The summed E-state index contributed by atoms with van der Waals surface area (Å²) in [5, 5.41) is 0. The molecule has 0 unspecified atom stereocenters. The molecule has 0 saturated heterocycles. The molecule has 2 aromatic carbocycles. The molecular formula is C21H22N2O5S2. The van der Waals surface area contributed by atoms with Crippen LogP contribution >= 0.6 is 23.1 Å². The van der Waals surface area contributed by atoms with Crippen LogP contribution in [0.3, 0.4) is 0 Å². The number of amides is 1. The number of carbonyl (C=O) groups is 1. The van der Waals surface area contributed by atoms with E-state index < -0.39 is 0 Å². The number of benzene rings is 2. The maximum atomic E-state index is 12.9. The van der Waals surface area contributed by atoms with Crippen LogP contribution in [0.15, 0.2) is 35.3 Å². The average molecular weight is 447 g/mol. The first-order chi connectivity index (χ1) is 14.6. The van der Waals surface area contributed by atoms with Crippen LogP contribution in [0.2, 0.25) is 0 Å². The first-order valence-corrected chi connectivity index (χ1v) is 11.6. The van der Waals surface area contributed by atoms with E-state index in [1.165, 1.54) is 11.3 Å². The number of ether oxygens (including phenoxy) is 4. The fourth-order valence-corrected chi connectivity index (χ4v) is 4.64. The average Bonchev–Trinajstić information content (AvgIpc) is 3.11. The smallest absolute Gasteiger partial charge is 0.279 e. The van der Waals surface area contributed by atoms with Crippen LogP contribution < -0.4 is 23.7 Å². The lowest BCUT2D eigenvalue weighted by Crippen LogP contribution is -2.18. The Balaban J connectivity index is 1.79. The maximum absolute atomic E-state index is 12.9. The van der Waals surface area contributed by atoms with Crippen LogP contribution in [-0.4, -0.2) is 49.9 Å². The molecule has 0 spiro atoms. The minimum Gasteiger partial charge on any atom is -0.493 e. The Morgan fingerprint density at radius 3 is 2.60 bits per heavy atom. The lowest BCUT2D eigenvalue weighted by atomic mass is 10.2. The number of hydrogen-bond donors (Lipinski definition) is 0. The second-order valence-electron chi connectivity index (χ2n) is 6.48. The standard InChI is InChI=1S/C21H22N2O5S2/c1-25-16-11-14-19(12-17(16)26-2)30-21(23(14)6-9-29-3)22-20(24)13-4-5-15-18(10-13)28-8-7-27-15/h4-5,10-12H,6-9H2,1-3H3. The summed E-state index contributed by atoms with van der Waals surface area (Å²) in [6.07, 6.45) is 2.05. The van der Waals surface area contributed by atoms with Gasteiger partial charge >= 0.3 is 0 Å². The Kier molecular flexibility index (Phi) is 6.19. The molecule has 2 heterocycles. The lowest BCUT2D eigenvalue weighted by Gasteiger charge is -2.18. The predicted molar refractivity (Wildman–Crippen MR) is 119 cm³/mol. The molecule has 1 amide bonds. The van der Waals surface area contributed by atoms with Gasteiger partial charge in [0.15, 0.2) is 27.8 Å². The van der Waals surface area contributed by atoms with Crippen molar-refractivity contribution < 1.29 is 23.7 Å². The van der Waals surface area contributed by atoms with Crippen molar-refractivity contribution in [1.82, 2.24) is 4.57 Å². The van der Waals surface area contributed by atoms with Gasteiger partial charge in [0.1, 0.15) is 13.2 Å². The Morgan fingerprint density at radius 2 is 1.87 bits per heavy atom. The number of thioether (sulfide) groups is 1. The summed E-state index contributed by atoms with van der Waals surface area (Å²) in [4.78, 5) is 18.0. The zero-order chi connectivity index (χ0) is 21.1. The Labute approximate surface area is 182 Å². The van der Waals surface area contributed by atoms with Gasteiger partial charge in [-0.1, -0.05) is 11.3 Å². The van der Waals surface area contributed by atoms with E-state index in [9.17, 15) is 4.79 Å². The topological polar surface area (TPSA) is 71.3 Å². The molecule has 9 heteroatoms. The van der Waals surface area contributed by atoms with Crippen molar-refractivity contribution in [3.8, 4) is 23.0 Å².